The van der Waals surface area contributed by atoms with E-state index in [1.807, 2.05) is 30.3 Å². The van der Waals surface area contributed by atoms with Crippen molar-refractivity contribution >= 4 is 5.91 Å². The lowest BCUT2D eigenvalue weighted by Gasteiger charge is -2.62. The average Bonchev–Trinajstić information content (AvgIpc) is 3.59. The lowest BCUT2D eigenvalue weighted by atomic mass is 9.48. The van der Waals surface area contributed by atoms with Gasteiger partial charge in [0.2, 0.25) is 0 Å². The van der Waals surface area contributed by atoms with Crippen molar-refractivity contribution in [2.24, 2.45) is 11.8 Å². The molecule has 3 aliphatic carbocycles. The van der Waals surface area contributed by atoms with Gasteiger partial charge in [-0.05, 0) is 79.6 Å². The summed E-state index contributed by atoms with van der Waals surface area (Å²) in [6, 6.07) is 17.0. The first-order valence-corrected chi connectivity index (χ1v) is 13.3. The molecule has 6 aliphatic rings. The number of likely N-dealkylation sites (tertiary alicyclic amines) is 1. The Morgan fingerprint density at radius 2 is 2.00 bits per heavy atom. The van der Waals surface area contributed by atoms with Crippen LogP contribution < -0.4 is 4.74 Å². The average molecular weight is 469 g/mol. The van der Waals surface area contributed by atoms with Crippen LogP contribution in [0, 0.1) is 11.8 Å². The standard InChI is InChI=1S/C30H32N2O3/c1-34-22-10-9-21-15-26-30-12-11-24-27(25(35-30)18-32(24)28(33)20-5-3-2-4-6-20)29(30,23(21)16-22)13-14-31(26)17-19-7-8-19/h2-6,9-10,13-14,16,19,24-27H,7-8,11-12,15,17-18H2,1H3/t24?,25-,26?,27?,29?,30?/m1/s1. The molecule has 4 bridgehead atoms. The number of nitrogens with zero attached hydrogens (tertiary/aromatic N) is 2. The van der Waals surface area contributed by atoms with Gasteiger partial charge in [-0.1, -0.05) is 30.3 Å². The molecule has 4 fully saturated rings. The molecule has 0 spiro atoms. The Bertz CT molecular complexity index is 1240. The normalized spacial score (nSPS) is 37.7. The molecule has 5 heteroatoms. The van der Waals surface area contributed by atoms with Gasteiger partial charge in [0.15, 0.2) is 0 Å². The van der Waals surface area contributed by atoms with Crippen molar-refractivity contribution in [1.29, 1.82) is 0 Å². The molecule has 5 unspecified atom stereocenters. The number of fused-ring (bicyclic) bond motifs is 1. The minimum Gasteiger partial charge on any atom is -0.497 e. The van der Waals surface area contributed by atoms with Crippen LogP contribution in [0.3, 0.4) is 0 Å². The van der Waals surface area contributed by atoms with Gasteiger partial charge in [-0.15, -0.1) is 0 Å². The van der Waals surface area contributed by atoms with E-state index in [0.717, 1.165) is 43.0 Å². The summed E-state index contributed by atoms with van der Waals surface area (Å²) in [5.41, 5.74) is 3.15. The molecule has 0 N–H and O–H groups in total. The maximum atomic E-state index is 13.6. The van der Waals surface area contributed by atoms with Crippen LogP contribution in [0.2, 0.25) is 0 Å². The molecule has 5 nitrogen and oxygen atoms in total. The van der Waals surface area contributed by atoms with Crippen LogP contribution in [0.4, 0.5) is 0 Å². The lowest BCUT2D eigenvalue weighted by Crippen LogP contribution is -2.71. The number of carbonyl (C=O) groups excluding carboxylic acids is 1. The summed E-state index contributed by atoms with van der Waals surface area (Å²) in [6.07, 6.45) is 10.7. The van der Waals surface area contributed by atoms with Crippen molar-refractivity contribution in [2.45, 2.75) is 61.3 Å². The molecule has 8 rings (SSSR count). The zero-order chi connectivity index (χ0) is 23.4. The molecule has 2 saturated heterocycles. The molecule has 3 heterocycles. The monoisotopic (exact) mass is 468 g/mol. The largest absolute Gasteiger partial charge is 0.497 e. The highest BCUT2D eigenvalue weighted by Crippen LogP contribution is 2.69. The van der Waals surface area contributed by atoms with Crippen LogP contribution in [0.25, 0.3) is 0 Å². The van der Waals surface area contributed by atoms with Gasteiger partial charge >= 0.3 is 0 Å². The summed E-state index contributed by atoms with van der Waals surface area (Å²) in [4.78, 5) is 18.4. The Morgan fingerprint density at radius 1 is 1.14 bits per heavy atom. The number of ether oxygens (including phenoxy) is 2. The van der Waals surface area contributed by atoms with Gasteiger partial charge in [0.25, 0.3) is 5.91 Å². The van der Waals surface area contributed by atoms with Crippen LogP contribution in [-0.2, 0) is 16.6 Å². The molecule has 0 aromatic heterocycles. The van der Waals surface area contributed by atoms with Crippen molar-refractivity contribution in [3.8, 4) is 5.75 Å². The maximum Gasteiger partial charge on any atom is 0.254 e. The second-order valence-electron chi connectivity index (χ2n) is 11.6. The van der Waals surface area contributed by atoms with E-state index in [1.54, 1.807) is 7.11 Å². The Kier molecular flexibility index (Phi) is 4.03. The van der Waals surface area contributed by atoms with Gasteiger partial charge in [0, 0.05) is 30.6 Å². The molecule has 1 amide bonds. The molecule has 35 heavy (non-hydrogen) atoms. The van der Waals surface area contributed by atoms with Crippen molar-refractivity contribution < 1.29 is 14.3 Å². The maximum absolute atomic E-state index is 13.6. The van der Waals surface area contributed by atoms with Crippen molar-refractivity contribution in [3.63, 3.8) is 0 Å². The summed E-state index contributed by atoms with van der Waals surface area (Å²) in [5, 5.41) is 0. The smallest absolute Gasteiger partial charge is 0.254 e. The summed E-state index contributed by atoms with van der Waals surface area (Å²) in [7, 11) is 1.75. The van der Waals surface area contributed by atoms with E-state index >= 15 is 0 Å². The highest BCUT2D eigenvalue weighted by molar-refractivity contribution is 5.94. The van der Waals surface area contributed by atoms with Crippen LogP contribution in [0.1, 0.15) is 47.2 Å². The fraction of sp³-hybridized carbons (Fsp3) is 0.500. The summed E-state index contributed by atoms with van der Waals surface area (Å²) in [5.74, 6) is 2.16. The quantitative estimate of drug-likeness (QED) is 0.676. The van der Waals surface area contributed by atoms with Crippen LogP contribution in [0.5, 0.6) is 5.75 Å². The fourth-order valence-corrected chi connectivity index (χ4v) is 8.56. The first kappa shape index (κ1) is 20.4. The molecule has 0 radical (unpaired) electrons. The molecule has 6 atom stereocenters. The minimum atomic E-state index is -0.219. The molecular formula is C30H32N2O3. The first-order chi connectivity index (χ1) is 17.1. The van der Waals surface area contributed by atoms with Gasteiger partial charge in [-0.3, -0.25) is 4.79 Å². The van der Waals surface area contributed by atoms with E-state index in [4.69, 9.17) is 9.47 Å². The molecule has 3 aliphatic heterocycles. The first-order valence-electron chi connectivity index (χ1n) is 13.3. The second kappa shape index (κ2) is 6.91. The van der Waals surface area contributed by atoms with E-state index in [2.05, 4.69) is 40.3 Å². The van der Waals surface area contributed by atoms with E-state index in [9.17, 15) is 4.79 Å². The Hall–Kier alpha value is -2.79. The van der Waals surface area contributed by atoms with E-state index in [1.165, 1.54) is 24.0 Å². The summed E-state index contributed by atoms with van der Waals surface area (Å²) >= 11 is 0. The third-order valence-corrected chi connectivity index (χ3v) is 10.1. The molecule has 2 saturated carbocycles. The highest BCUT2D eigenvalue weighted by Gasteiger charge is 2.77. The number of hydrogen-bond acceptors (Lipinski definition) is 4. The number of amides is 1. The molecular weight excluding hydrogens is 436 g/mol. The number of rotatable bonds is 4. The van der Waals surface area contributed by atoms with Crippen LogP contribution in [-0.4, -0.2) is 59.7 Å². The van der Waals surface area contributed by atoms with Gasteiger partial charge in [0.05, 0.1) is 24.7 Å². The van der Waals surface area contributed by atoms with Crippen LogP contribution >= 0.6 is 0 Å². The van der Waals surface area contributed by atoms with Gasteiger partial charge in [0.1, 0.15) is 11.4 Å². The predicted octanol–water partition coefficient (Wildman–Crippen LogP) is 4.17. The minimum absolute atomic E-state index is 0.0698. The number of carbonyl (C=O) groups is 1. The zero-order valence-electron chi connectivity index (χ0n) is 20.2. The number of hydrogen-bond donors (Lipinski definition) is 0. The summed E-state index contributed by atoms with van der Waals surface area (Å²) < 4.78 is 13.0. The van der Waals surface area contributed by atoms with Gasteiger partial charge < -0.3 is 19.3 Å². The number of benzene rings is 2. The third-order valence-electron chi connectivity index (χ3n) is 10.1. The molecule has 2 aromatic carbocycles. The molecule has 180 valence electrons. The van der Waals surface area contributed by atoms with E-state index < -0.39 is 0 Å². The topological polar surface area (TPSA) is 42.0 Å². The predicted molar refractivity (Wildman–Crippen MR) is 132 cm³/mol. The van der Waals surface area contributed by atoms with Gasteiger partial charge in [-0.2, -0.15) is 0 Å². The van der Waals surface area contributed by atoms with E-state index in [-0.39, 0.29) is 35.0 Å². The molecule has 2 aromatic rings. The van der Waals surface area contributed by atoms with E-state index in [0.29, 0.717) is 12.6 Å². The highest BCUT2D eigenvalue weighted by atomic mass is 16.5. The SMILES string of the molecule is COc1ccc2c(c1)C13C=CN(CC4CC4)C(C2)C12CCC1C3[C@@H](CN1C(=O)c1ccccc1)O2. The van der Waals surface area contributed by atoms with Crippen molar-refractivity contribution in [1.82, 2.24) is 9.80 Å². The Labute approximate surface area is 206 Å². The van der Waals surface area contributed by atoms with Crippen molar-refractivity contribution in [3.05, 3.63) is 77.5 Å². The lowest BCUT2D eigenvalue weighted by molar-refractivity contribution is -0.137. The second-order valence-corrected chi connectivity index (χ2v) is 11.6. The van der Waals surface area contributed by atoms with Crippen LogP contribution in [0.15, 0.2) is 60.8 Å². The fourth-order valence-electron chi connectivity index (χ4n) is 8.56. The Balaban J connectivity index is 1.28. The Morgan fingerprint density at radius 3 is 2.80 bits per heavy atom. The third kappa shape index (κ3) is 2.50. The number of methoxy groups -OCH3 is 1. The summed E-state index contributed by atoms with van der Waals surface area (Å²) in [6.45, 7) is 1.83. The van der Waals surface area contributed by atoms with Crippen molar-refractivity contribution in [2.75, 3.05) is 20.2 Å². The zero-order valence-corrected chi connectivity index (χ0v) is 20.2. The van der Waals surface area contributed by atoms with Gasteiger partial charge in [-0.25, -0.2) is 0 Å².